The van der Waals surface area contributed by atoms with Gasteiger partial charge in [-0.1, -0.05) is 0 Å². The van der Waals surface area contributed by atoms with E-state index >= 15 is 0 Å². The average Bonchev–Trinajstić information content (AvgIpc) is 3.20. The molecule has 0 bridgehead atoms. The Labute approximate surface area is 111 Å². The first kappa shape index (κ1) is 13.3. The van der Waals surface area contributed by atoms with Crippen molar-refractivity contribution in [2.24, 2.45) is 0 Å². The number of hydrogen-bond donors (Lipinski definition) is 1. The molecule has 0 aliphatic heterocycles. The molecule has 0 amide bonds. The lowest BCUT2D eigenvalue weighted by Gasteiger charge is -2.21. The maximum absolute atomic E-state index is 10.8. The summed E-state index contributed by atoms with van der Waals surface area (Å²) in [5.41, 5.74) is 7.25. The predicted molar refractivity (Wildman–Crippen MR) is 71.2 cm³/mol. The number of non-ortho nitro benzene ring substituents is 1. The second kappa shape index (κ2) is 5.67. The van der Waals surface area contributed by atoms with E-state index in [-0.39, 0.29) is 5.69 Å². The summed E-state index contributed by atoms with van der Waals surface area (Å²) in [6.07, 6.45) is 2.71. The van der Waals surface area contributed by atoms with Crippen molar-refractivity contribution < 1.29 is 4.92 Å². The van der Waals surface area contributed by atoms with Gasteiger partial charge in [0, 0.05) is 43.4 Å². The van der Waals surface area contributed by atoms with Crippen LogP contribution in [0, 0.1) is 21.4 Å². The molecular weight excluding hydrogens is 244 g/mol. The van der Waals surface area contributed by atoms with Crippen molar-refractivity contribution >= 4 is 11.4 Å². The quantitative estimate of drug-likeness (QED) is 0.479. The minimum atomic E-state index is -0.417. The van der Waals surface area contributed by atoms with Crippen molar-refractivity contribution in [1.29, 1.82) is 5.26 Å². The van der Waals surface area contributed by atoms with E-state index in [4.69, 9.17) is 11.0 Å². The zero-order chi connectivity index (χ0) is 13.8. The van der Waals surface area contributed by atoms with Gasteiger partial charge < -0.3 is 5.73 Å². The lowest BCUT2D eigenvalue weighted by molar-refractivity contribution is -0.384. The number of nitriles is 1. The fourth-order valence-electron chi connectivity index (χ4n) is 2.09. The minimum Gasteiger partial charge on any atom is -0.398 e. The van der Waals surface area contributed by atoms with Crippen LogP contribution in [-0.2, 0) is 6.54 Å². The number of nitrogens with two attached hydrogens (primary N) is 1. The highest BCUT2D eigenvalue weighted by molar-refractivity contribution is 5.52. The van der Waals surface area contributed by atoms with Crippen molar-refractivity contribution in [3.05, 3.63) is 33.9 Å². The van der Waals surface area contributed by atoms with Gasteiger partial charge in [-0.15, -0.1) is 0 Å². The van der Waals surface area contributed by atoms with E-state index in [0.717, 1.165) is 18.4 Å². The highest BCUT2D eigenvalue weighted by atomic mass is 16.6. The van der Waals surface area contributed by atoms with Crippen LogP contribution >= 0.6 is 0 Å². The molecule has 0 radical (unpaired) electrons. The van der Waals surface area contributed by atoms with Gasteiger partial charge >= 0.3 is 0 Å². The Hall–Kier alpha value is -2.13. The Kier molecular flexibility index (Phi) is 3.97. The molecule has 1 fully saturated rings. The van der Waals surface area contributed by atoms with E-state index < -0.39 is 4.92 Å². The van der Waals surface area contributed by atoms with Crippen LogP contribution in [0.3, 0.4) is 0 Å². The molecule has 0 spiro atoms. The molecule has 6 nitrogen and oxygen atoms in total. The van der Waals surface area contributed by atoms with Gasteiger partial charge in [0.15, 0.2) is 0 Å². The fourth-order valence-corrected chi connectivity index (χ4v) is 2.09. The molecule has 2 N–H and O–H groups in total. The summed E-state index contributed by atoms with van der Waals surface area (Å²) < 4.78 is 0. The molecular formula is C13H16N4O2. The van der Waals surface area contributed by atoms with Crippen LogP contribution in [-0.4, -0.2) is 22.4 Å². The Morgan fingerprint density at radius 2 is 2.26 bits per heavy atom. The smallest absolute Gasteiger partial charge is 0.269 e. The molecule has 1 aliphatic carbocycles. The number of nitro groups is 1. The topological polar surface area (TPSA) is 96.2 Å². The van der Waals surface area contributed by atoms with Gasteiger partial charge in [-0.2, -0.15) is 5.26 Å². The first-order valence-electron chi connectivity index (χ1n) is 6.25. The molecule has 0 heterocycles. The molecule has 1 aromatic rings. The van der Waals surface area contributed by atoms with Crippen LogP contribution in [0.5, 0.6) is 0 Å². The van der Waals surface area contributed by atoms with Gasteiger partial charge in [-0.25, -0.2) is 0 Å². The third-order valence-corrected chi connectivity index (χ3v) is 3.28. The lowest BCUT2D eigenvalue weighted by Crippen LogP contribution is -2.27. The van der Waals surface area contributed by atoms with Gasteiger partial charge in [-0.3, -0.25) is 15.0 Å². The predicted octanol–water partition coefficient (Wildman–Crippen LogP) is 2.06. The number of nitrogen functional groups attached to an aromatic ring is 1. The molecule has 1 saturated carbocycles. The van der Waals surface area contributed by atoms with Crippen LogP contribution in [0.15, 0.2) is 18.2 Å². The molecule has 0 atom stereocenters. The van der Waals surface area contributed by atoms with E-state index in [2.05, 4.69) is 11.0 Å². The van der Waals surface area contributed by atoms with Crippen molar-refractivity contribution in [3.63, 3.8) is 0 Å². The number of hydrogen-bond acceptors (Lipinski definition) is 5. The SMILES string of the molecule is N#CCCN(Cc1cc([N+](=O)[O-])ccc1N)C1CC1. The van der Waals surface area contributed by atoms with E-state index in [1.165, 1.54) is 12.1 Å². The van der Waals surface area contributed by atoms with Crippen molar-refractivity contribution in [2.75, 3.05) is 12.3 Å². The highest BCUT2D eigenvalue weighted by Gasteiger charge is 2.29. The number of nitrogens with zero attached hydrogens (tertiary/aromatic N) is 3. The number of benzene rings is 1. The standard InChI is InChI=1S/C13H16N4O2/c14-6-1-7-16(11-2-3-11)9-10-8-12(17(18)19)4-5-13(10)15/h4-5,8,11H,1-3,7,9,15H2. The summed E-state index contributed by atoms with van der Waals surface area (Å²) in [6, 6.07) is 7.13. The molecule has 100 valence electrons. The number of nitro benzene ring substituents is 1. The van der Waals surface area contributed by atoms with Gasteiger partial charge in [0.1, 0.15) is 0 Å². The molecule has 2 rings (SSSR count). The highest BCUT2D eigenvalue weighted by Crippen LogP contribution is 2.30. The number of anilines is 1. The summed E-state index contributed by atoms with van der Waals surface area (Å²) in [5.74, 6) is 0. The first-order valence-corrected chi connectivity index (χ1v) is 6.25. The van der Waals surface area contributed by atoms with Gasteiger partial charge in [0.2, 0.25) is 0 Å². The second-order valence-electron chi connectivity index (χ2n) is 4.75. The van der Waals surface area contributed by atoms with E-state index in [9.17, 15) is 10.1 Å². The Morgan fingerprint density at radius 3 is 2.84 bits per heavy atom. The van der Waals surface area contributed by atoms with Crippen molar-refractivity contribution in [3.8, 4) is 6.07 Å². The summed E-state index contributed by atoms with van der Waals surface area (Å²) in [6.45, 7) is 1.25. The van der Waals surface area contributed by atoms with Crippen molar-refractivity contribution in [2.45, 2.75) is 31.8 Å². The van der Waals surface area contributed by atoms with E-state index in [1.54, 1.807) is 6.07 Å². The third kappa shape index (κ3) is 3.42. The Bertz CT molecular complexity index is 520. The van der Waals surface area contributed by atoms with Crippen LogP contribution in [0.4, 0.5) is 11.4 Å². The molecule has 19 heavy (non-hydrogen) atoms. The zero-order valence-electron chi connectivity index (χ0n) is 10.6. The van der Waals surface area contributed by atoms with Crippen LogP contribution in [0.25, 0.3) is 0 Å². The lowest BCUT2D eigenvalue weighted by atomic mass is 10.1. The maximum Gasteiger partial charge on any atom is 0.269 e. The first-order chi connectivity index (χ1) is 9.11. The molecule has 0 aromatic heterocycles. The zero-order valence-corrected chi connectivity index (χ0v) is 10.6. The van der Waals surface area contributed by atoms with E-state index in [1.807, 2.05) is 0 Å². The number of rotatable bonds is 6. The summed E-state index contributed by atoms with van der Waals surface area (Å²) in [7, 11) is 0. The van der Waals surface area contributed by atoms with Crippen LogP contribution in [0.2, 0.25) is 0 Å². The summed E-state index contributed by atoms with van der Waals surface area (Å²) in [4.78, 5) is 12.5. The Morgan fingerprint density at radius 1 is 1.53 bits per heavy atom. The largest absolute Gasteiger partial charge is 0.398 e. The van der Waals surface area contributed by atoms with Crippen LogP contribution < -0.4 is 5.73 Å². The maximum atomic E-state index is 10.8. The van der Waals surface area contributed by atoms with Crippen molar-refractivity contribution in [1.82, 2.24) is 4.90 Å². The minimum absolute atomic E-state index is 0.0558. The monoisotopic (exact) mass is 260 g/mol. The summed E-state index contributed by atoms with van der Waals surface area (Å²) >= 11 is 0. The van der Waals surface area contributed by atoms with E-state index in [0.29, 0.717) is 31.2 Å². The molecule has 0 unspecified atom stereocenters. The van der Waals surface area contributed by atoms with Gasteiger partial charge in [0.25, 0.3) is 5.69 Å². The fraction of sp³-hybridized carbons (Fsp3) is 0.462. The molecule has 0 saturated heterocycles. The van der Waals surface area contributed by atoms with Gasteiger partial charge in [0.05, 0.1) is 11.0 Å². The molecule has 1 aliphatic rings. The molecule has 1 aromatic carbocycles. The van der Waals surface area contributed by atoms with Crippen LogP contribution in [0.1, 0.15) is 24.8 Å². The average molecular weight is 260 g/mol. The normalized spacial score (nSPS) is 14.3. The second-order valence-corrected chi connectivity index (χ2v) is 4.75. The molecule has 6 heteroatoms. The summed E-state index contributed by atoms with van der Waals surface area (Å²) in [5, 5.41) is 19.4. The van der Waals surface area contributed by atoms with Gasteiger partial charge in [-0.05, 0) is 24.5 Å². The third-order valence-electron chi connectivity index (χ3n) is 3.28. The Balaban J connectivity index is 2.13.